The molecule has 6 aromatic rings. The Labute approximate surface area is 226 Å². The van der Waals surface area contributed by atoms with Gasteiger partial charge in [0.2, 0.25) is 5.91 Å². The molecule has 7 rings (SSSR count). The number of nitrogens with one attached hydrogen (secondary N) is 3. The van der Waals surface area contributed by atoms with E-state index in [-0.39, 0.29) is 17.3 Å². The Morgan fingerprint density at radius 3 is 2.79 bits per heavy atom. The molecule has 0 saturated heterocycles. The number of hydrogen-bond acceptors (Lipinski definition) is 6. The number of amides is 1. The molecule has 39 heavy (non-hydrogen) atoms. The van der Waals surface area contributed by atoms with Gasteiger partial charge in [0.15, 0.2) is 11.6 Å². The Kier molecular flexibility index (Phi) is 5.89. The number of benzene rings is 1. The highest BCUT2D eigenvalue weighted by Crippen LogP contribution is 2.35. The molecule has 1 amide bonds. The normalized spacial score (nSPS) is 14.3. The maximum Gasteiger partial charge on any atom is 0.227 e. The van der Waals surface area contributed by atoms with Crippen molar-refractivity contribution in [2.24, 2.45) is 5.92 Å². The summed E-state index contributed by atoms with van der Waals surface area (Å²) in [5.41, 5.74) is 5.07. The number of fused-ring (bicyclic) bond motifs is 2. The van der Waals surface area contributed by atoms with Crippen molar-refractivity contribution in [3.05, 3.63) is 66.2 Å². The van der Waals surface area contributed by atoms with Crippen LogP contribution in [0.1, 0.15) is 32.1 Å². The van der Waals surface area contributed by atoms with Gasteiger partial charge in [-0.05, 0) is 54.1 Å². The van der Waals surface area contributed by atoms with E-state index in [2.05, 4.69) is 30.5 Å². The first-order chi connectivity index (χ1) is 19.1. The Hall–Kier alpha value is -4.44. The highest BCUT2D eigenvalue weighted by Gasteiger charge is 2.22. The zero-order chi connectivity index (χ0) is 26.3. The molecule has 0 atom stereocenters. The van der Waals surface area contributed by atoms with Crippen LogP contribution in [0.15, 0.2) is 60.4 Å². The lowest BCUT2D eigenvalue weighted by molar-refractivity contribution is -0.120. The van der Waals surface area contributed by atoms with Crippen LogP contribution in [0.4, 0.5) is 10.1 Å². The summed E-state index contributed by atoms with van der Waals surface area (Å²) >= 11 is 1.60. The monoisotopic (exact) mass is 537 g/mol. The number of imidazole rings is 1. The molecular weight excluding hydrogens is 513 g/mol. The lowest BCUT2D eigenvalue weighted by atomic mass is 9.88. The van der Waals surface area contributed by atoms with Crippen molar-refractivity contribution in [2.75, 3.05) is 5.32 Å². The molecule has 1 aliphatic carbocycles. The average Bonchev–Trinajstić information content (AvgIpc) is 3.73. The molecule has 1 aliphatic rings. The number of carbonyl (C=O) groups excluding carboxylic acids is 1. The molecule has 0 aliphatic heterocycles. The third kappa shape index (κ3) is 4.36. The summed E-state index contributed by atoms with van der Waals surface area (Å²) < 4.78 is 15.3. The summed E-state index contributed by atoms with van der Waals surface area (Å²) in [6.45, 7) is 0. The molecule has 5 aromatic heterocycles. The van der Waals surface area contributed by atoms with E-state index >= 15 is 4.39 Å². The first-order valence-electron chi connectivity index (χ1n) is 13.0. The van der Waals surface area contributed by atoms with Crippen LogP contribution in [0, 0.1) is 11.7 Å². The largest absolute Gasteiger partial charge is 0.337 e. The standard InChI is InChI=1S/C29H24FN7OS/c30-21-13-17(18-11-19(15-31-14-18)33-29(38)16-5-2-1-3-6-16)12-20-24(21)36-37-25(20)28-34-22-8-9-32-27(26(22)35-28)23-7-4-10-39-23/h4,7-16H,1-3,5-6H2,(H,33,38)(H,34,35)(H,36,37). The number of aromatic amines is 2. The van der Waals surface area contributed by atoms with E-state index in [1.165, 1.54) is 12.5 Å². The van der Waals surface area contributed by atoms with Gasteiger partial charge in [0.25, 0.3) is 0 Å². The van der Waals surface area contributed by atoms with E-state index in [1.54, 1.807) is 29.9 Å². The van der Waals surface area contributed by atoms with Gasteiger partial charge in [0.05, 0.1) is 22.3 Å². The highest BCUT2D eigenvalue weighted by molar-refractivity contribution is 7.13. The number of nitrogens with zero attached hydrogens (tertiary/aromatic N) is 4. The van der Waals surface area contributed by atoms with E-state index in [1.807, 2.05) is 35.7 Å². The topological polar surface area (TPSA) is 112 Å². The third-order valence-corrected chi connectivity index (χ3v) is 8.20. The number of thiophene rings is 1. The van der Waals surface area contributed by atoms with Crippen LogP contribution in [0.3, 0.4) is 0 Å². The van der Waals surface area contributed by atoms with Crippen molar-refractivity contribution >= 4 is 44.9 Å². The van der Waals surface area contributed by atoms with Crippen LogP contribution in [0.5, 0.6) is 0 Å². The molecule has 5 heterocycles. The Bertz CT molecular complexity index is 1820. The molecule has 10 heteroatoms. The lowest BCUT2D eigenvalue weighted by Crippen LogP contribution is -2.24. The van der Waals surface area contributed by atoms with Crippen LogP contribution < -0.4 is 5.32 Å². The van der Waals surface area contributed by atoms with Crippen molar-refractivity contribution in [1.29, 1.82) is 0 Å². The predicted octanol–water partition coefficient (Wildman–Crippen LogP) is 6.95. The van der Waals surface area contributed by atoms with Crippen LogP contribution >= 0.6 is 11.3 Å². The van der Waals surface area contributed by atoms with Gasteiger partial charge in [0.1, 0.15) is 22.4 Å². The summed E-state index contributed by atoms with van der Waals surface area (Å²) in [7, 11) is 0. The molecule has 8 nitrogen and oxygen atoms in total. The first-order valence-corrected chi connectivity index (χ1v) is 13.8. The van der Waals surface area contributed by atoms with E-state index in [0.717, 1.165) is 47.3 Å². The maximum atomic E-state index is 15.3. The van der Waals surface area contributed by atoms with Gasteiger partial charge in [-0.3, -0.25) is 19.9 Å². The van der Waals surface area contributed by atoms with Crippen molar-refractivity contribution in [1.82, 2.24) is 30.1 Å². The number of halogens is 1. The summed E-state index contributed by atoms with van der Waals surface area (Å²) in [6.07, 6.45) is 10.2. The number of anilines is 1. The first kappa shape index (κ1) is 23.7. The second-order valence-electron chi connectivity index (χ2n) is 9.86. The van der Waals surface area contributed by atoms with Crippen molar-refractivity contribution in [3.8, 4) is 33.2 Å². The average molecular weight is 538 g/mol. The zero-order valence-corrected chi connectivity index (χ0v) is 21.7. The molecule has 0 spiro atoms. The number of hydrogen-bond donors (Lipinski definition) is 3. The summed E-state index contributed by atoms with van der Waals surface area (Å²) in [5.74, 6) is 0.137. The second-order valence-corrected chi connectivity index (χ2v) is 10.8. The van der Waals surface area contributed by atoms with Crippen LogP contribution in [0.2, 0.25) is 0 Å². The molecule has 1 saturated carbocycles. The maximum absolute atomic E-state index is 15.3. The lowest BCUT2D eigenvalue weighted by Gasteiger charge is -2.20. The van der Waals surface area contributed by atoms with Crippen molar-refractivity contribution in [3.63, 3.8) is 0 Å². The molecule has 0 bridgehead atoms. The smallest absolute Gasteiger partial charge is 0.227 e. The number of H-pyrrole nitrogens is 2. The fourth-order valence-electron chi connectivity index (χ4n) is 5.35. The minimum absolute atomic E-state index is 0.0219. The van der Waals surface area contributed by atoms with Crippen LogP contribution in [-0.4, -0.2) is 36.0 Å². The minimum Gasteiger partial charge on any atom is -0.337 e. The number of rotatable bonds is 5. The molecule has 3 N–H and O–H groups in total. The van der Waals surface area contributed by atoms with Crippen molar-refractivity contribution < 1.29 is 9.18 Å². The van der Waals surface area contributed by atoms with Gasteiger partial charge in [-0.2, -0.15) is 5.10 Å². The van der Waals surface area contributed by atoms with Gasteiger partial charge in [-0.15, -0.1) is 11.3 Å². The SMILES string of the molecule is O=C(Nc1cncc(-c2cc(F)c3n[nH]c(-c4nc5c(-c6cccs6)nccc5[nH]4)c3c2)c1)C1CCCCC1. The number of pyridine rings is 2. The molecule has 0 radical (unpaired) electrons. The Morgan fingerprint density at radius 2 is 1.95 bits per heavy atom. The molecule has 1 fully saturated rings. The van der Waals surface area contributed by atoms with E-state index in [9.17, 15) is 4.79 Å². The van der Waals surface area contributed by atoms with Gasteiger partial charge >= 0.3 is 0 Å². The molecule has 1 aromatic carbocycles. The molecule has 0 unspecified atom stereocenters. The van der Waals surface area contributed by atoms with E-state index in [0.29, 0.717) is 33.7 Å². The summed E-state index contributed by atoms with van der Waals surface area (Å²) in [4.78, 5) is 30.8. The molecule has 194 valence electrons. The van der Waals surface area contributed by atoms with E-state index < -0.39 is 5.82 Å². The minimum atomic E-state index is -0.460. The highest BCUT2D eigenvalue weighted by atomic mass is 32.1. The second kappa shape index (κ2) is 9.70. The Balaban J connectivity index is 1.25. The van der Waals surface area contributed by atoms with Gasteiger partial charge in [-0.25, -0.2) is 9.37 Å². The zero-order valence-electron chi connectivity index (χ0n) is 20.9. The number of aromatic nitrogens is 6. The summed E-state index contributed by atoms with van der Waals surface area (Å²) in [5, 5.41) is 12.8. The van der Waals surface area contributed by atoms with Gasteiger partial charge in [0, 0.05) is 29.3 Å². The van der Waals surface area contributed by atoms with E-state index in [4.69, 9.17) is 4.98 Å². The fourth-order valence-corrected chi connectivity index (χ4v) is 6.07. The number of carbonyl (C=O) groups is 1. The third-order valence-electron chi connectivity index (χ3n) is 7.32. The van der Waals surface area contributed by atoms with Gasteiger partial charge in [-0.1, -0.05) is 25.3 Å². The van der Waals surface area contributed by atoms with Crippen molar-refractivity contribution in [2.45, 2.75) is 32.1 Å². The Morgan fingerprint density at radius 1 is 1.05 bits per heavy atom. The molecular formula is C29H24FN7OS. The fraction of sp³-hybridized carbons (Fsp3) is 0.207. The predicted molar refractivity (Wildman–Crippen MR) is 151 cm³/mol. The van der Waals surface area contributed by atoms with Crippen LogP contribution in [0.25, 0.3) is 55.2 Å². The van der Waals surface area contributed by atoms with Gasteiger partial charge < -0.3 is 10.3 Å². The quantitative estimate of drug-likeness (QED) is 0.220. The summed E-state index contributed by atoms with van der Waals surface area (Å²) in [6, 6.07) is 11.0. The van der Waals surface area contributed by atoms with Crippen LogP contribution in [-0.2, 0) is 4.79 Å².